The predicted octanol–water partition coefficient (Wildman–Crippen LogP) is 4.54. The van der Waals surface area contributed by atoms with E-state index in [-0.39, 0.29) is 40.3 Å². The van der Waals surface area contributed by atoms with Crippen molar-refractivity contribution in [3.05, 3.63) is 69.1 Å². The first-order valence-electron chi connectivity index (χ1n) is 18.0. The number of hydrogen-bond acceptors (Lipinski definition) is 7. The van der Waals surface area contributed by atoms with Crippen molar-refractivity contribution >= 4 is 29.2 Å². The van der Waals surface area contributed by atoms with Gasteiger partial charge in [-0.3, -0.25) is 14.7 Å². The minimum atomic E-state index is -4.69. The molecule has 0 radical (unpaired) electrons. The second kappa shape index (κ2) is 16.3. The van der Waals surface area contributed by atoms with Crippen molar-refractivity contribution in [3.8, 4) is 11.4 Å². The molecule has 2 aromatic carbocycles. The lowest BCUT2D eigenvalue weighted by Crippen LogP contribution is -2.56. The Hall–Kier alpha value is -4.08. The highest BCUT2D eigenvalue weighted by atomic mass is 35.5. The summed E-state index contributed by atoms with van der Waals surface area (Å²) >= 11 is 6.31. The number of halogens is 4. The molecule has 4 heterocycles. The molecule has 0 unspecified atom stereocenters. The summed E-state index contributed by atoms with van der Waals surface area (Å²) < 4.78 is 43.6. The van der Waals surface area contributed by atoms with E-state index in [0.29, 0.717) is 50.9 Å². The van der Waals surface area contributed by atoms with Gasteiger partial charge >= 0.3 is 17.9 Å². The van der Waals surface area contributed by atoms with Crippen LogP contribution >= 0.6 is 11.6 Å². The maximum absolute atomic E-state index is 14.1. The van der Waals surface area contributed by atoms with Crippen LogP contribution in [0.2, 0.25) is 5.02 Å². The van der Waals surface area contributed by atoms with E-state index in [1.165, 1.54) is 17.8 Å². The van der Waals surface area contributed by atoms with Crippen LogP contribution in [0.1, 0.15) is 49.3 Å². The first kappa shape index (κ1) is 37.7. The van der Waals surface area contributed by atoms with Gasteiger partial charge in [0, 0.05) is 64.3 Å². The van der Waals surface area contributed by atoms with E-state index in [1.54, 1.807) is 9.80 Å². The molecule has 12 nitrogen and oxygen atoms in total. The van der Waals surface area contributed by atoms with Crippen LogP contribution in [0.3, 0.4) is 0 Å². The average molecular weight is 746 g/mol. The van der Waals surface area contributed by atoms with Crippen LogP contribution in [0.5, 0.6) is 0 Å². The van der Waals surface area contributed by atoms with E-state index in [0.717, 1.165) is 57.1 Å². The van der Waals surface area contributed by atoms with Gasteiger partial charge in [-0.1, -0.05) is 41.9 Å². The number of alkyl halides is 3. The zero-order valence-corrected chi connectivity index (χ0v) is 30.3. The summed E-state index contributed by atoms with van der Waals surface area (Å²) in [7, 11) is 3.49. The van der Waals surface area contributed by atoms with E-state index in [1.807, 2.05) is 30.3 Å². The van der Waals surface area contributed by atoms with Crippen molar-refractivity contribution < 1.29 is 22.8 Å². The number of anilines is 1. The van der Waals surface area contributed by atoms with Crippen molar-refractivity contribution in [1.29, 1.82) is 0 Å². The monoisotopic (exact) mass is 745 g/mol. The van der Waals surface area contributed by atoms with Gasteiger partial charge in [0.2, 0.25) is 5.91 Å². The number of amides is 3. The van der Waals surface area contributed by atoms with Gasteiger partial charge in [0.05, 0.1) is 22.3 Å². The summed E-state index contributed by atoms with van der Waals surface area (Å²) in [5.41, 5.74) is -0.550. The SMILES string of the molecule is CNc1c(Cl)cc(C[C@@H](NC(=O)N2CCC(n3nc(-c4ccccc4)[nH]c3=O)CC2)C(=O)N2CCC(N3CCCN(C)CC3)CC2)cc1C(F)(F)F. The summed E-state index contributed by atoms with van der Waals surface area (Å²) in [5.74, 6) is 0.128. The number of H-pyrrole nitrogens is 1. The molecule has 3 aromatic rings. The zero-order chi connectivity index (χ0) is 37.0. The zero-order valence-electron chi connectivity index (χ0n) is 29.6. The number of rotatable bonds is 8. The Morgan fingerprint density at radius 1 is 0.942 bits per heavy atom. The highest BCUT2D eigenvalue weighted by Crippen LogP contribution is 2.39. The molecule has 6 rings (SSSR count). The van der Waals surface area contributed by atoms with Gasteiger partial charge in [-0.05, 0) is 69.9 Å². The van der Waals surface area contributed by atoms with Crippen LogP contribution in [0.15, 0.2) is 47.3 Å². The Labute approximate surface area is 306 Å². The molecule has 0 saturated carbocycles. The molecule has 3 fully saturated rings. The normalized spacial score (nSPS) is 19.3. The molecule has 52 heavy (non-hydrogen) atoms. The molecular formula is C36H47ClF3N9O3. The van der Waals surface area contributed by atoms with Crippen molar-refractivity contribution in [2.75, 3.05) is 71.8 Å². The van der Waals surface area contributed by atoms with Crippen LogP contribution < -0.4 is 16.3 Å². The number of likely N-dealkylation sites (N-methyl/N-ethyl adjacent to an activating group) is 1. The minimum absolute atomic E-state index is 0.125. The Balaban J connectivity index is 1.15. The van der Waals surface area contributed by atoms with Gasteiger partial charge in [-0.15, -0.1) is 5.10 Å². The fourth-order valence-electron chi connectivity index (χ4n) is 7.66. The third-order valence-electron chi connectivity index (χ3n) is 10.6. The second-order valence-corrected chi connectivity index (χ2v) is 14.4. The first-order chi connectivity index (χ1) is 24.9. The van der Waals surface area contributed by atoms with Crippen LogP contribution in [0.4, 0.5) is 23.7 Å². The number of urea groups is 1. The smallest absolute Gasteiger partial charge is 0.386 e. The summed E-state index contributed by atoms with van der Waals surface area (Å²) in [6, 6.07) is 10.2. The number of hydrogen-bond donors (Lipinski definition) is 3. The topological polar surface area (TPSA) is 122 Å². The van der Waals surface area contributed by atoms with Crippen LogP contribution in [-0.4, -0.2) is 125 Å². The van der Waals surface area contributed by atoms with Gasteiger partial charge < -0.3 is 25.3 Å². The molecule has 3 aliphatic heterocycles. The number of nitrogens with one attached hydrogen (secondary N) is 3. The van der Waals surface area contributed by atoms with Crippen molar-refractivity contribution in [2.24, 2.45) is 0 Å². The number of likely N-dealkylation sites (tertiary alicyclic amines) is 2. The molecule has 0 bridgehead atoms. The molecule has 16 heteroatoms. The number of piperidine rings is 2. The number of carbonyl (C=O) groups is 2. The third kappa shape index (κ3) is 8.75. The maximum Gasteiger partial charge on any atom is 0.418 e. The van der Waals surface area contributed by atoms with E-state index >= 15 is 0 Å². The molecule has 3 saturated heterocycles. The largest absolute Gasteiger partial charge is 0.418 e. The molecule has 282 valence electrons. The molecule has 1 atom stereocenters. The van der Waals surface area contributed by atoms with Crippen molar-refractivity contribution in [2.45, 2.75) is 62.8 Å². The summed E-state index contributed by atoms with van der Waals surface area (Å²) in [6.07, 6.45) is -1.29. The maximum atomic E-state index is 14.1. The van der Waals surface area contributed by atoms with Crippen molar-refractivity contribution in [3.63, 3.8) is 0 Å². The lowest BCUT2D eigenvalue weighted by atomic mass is 9.98. The van der Waals surface area contributed by atoms with Crippen LogP contribution in [-0.2, 0) is 17.4 Å². The lowest BCUT2D eigenvalue weighted by Gasteiger charge is -2.39. The Morgan fingerprint density at radius 3 is 2.29 bits per heavy atom. The predicted molar refractivity (Wildman–Crippen MR) is 193 cm³/mol. The summed E-state index contributed by atoms with van der Waals surface area (Å²) in [6.45, 7) is 5.61. The second-order valence-electron chi connectivity index (χ2n) is 14.0. The number of benzene rings is 2. The molecule has 0 spiro atoms. The number of aromatic amines is 1. The molecule has 3 N–H and O–H groups in total. The summed E-state index contributed by atoms with van der Waals surface area (Å²) in [4.78, 5) is 51.6. The van der Waals surface area contributed by atoms with Gasteiger partial charge in [0.15, 0.2) is 5.82 Å². The average Bonchev–Trinajstić information content (AvgIpc) is 3.40. The standard InChI is InChI=1S/C36H47ClF3N9O3/c1-41-31-28(36(38,39)40)21-24(22-29(31)37)23-30(33(50)47-15-9-26(10-16-47)46-14-6-13-45(2)19-20-46)42-34(51)48-17-11-27(12-18-48)49-35(52)43-32(44-49)25-7-4-3-5-8-25/h3-5,7-8,21-22,26-27,30,41H,6,9-20,23H2,1-2H3,(H,42,51)(H,43,44,52)/t30-/m1/s1. The quantitative estimate of drug-likeness (QED) is 0.310. The van der Waals surface area contributed by atoms with E-state index < -0.39 is 23.8 Å². The van der Waals surface area contributed by atoms with E-state index in [4.69, 9.17) is 11.6 Å². The van der Waals surface area contributed by atoms with E-state index in [2.05, 4.69) is 37.6 Å². The first-order valence-corrected chi connectivity index (χ1v) is 18.4. The molecular weight excluding hydrogens is 699 g/mol. The van der Waals surface area contributed by atoms with Gasteiger partial charge in [-0.2, -0.15) is 13.2 Å². The Morgan fingerprint density at radius 2 is 1.62 bits per heavy atom. The molecule has 0 aliphatic carbocycles. The van der Waals surface area contributed by atoms with Gasteiger partial charge in [0.1, 0.15) is 6.04 Å². The van der Waals surface area contributed by atoms with Crippen LogP contribution in [0, 0.1) is 0 Å². The van der Waals surface area contributed by atoms with Gasteiger partial charge in [0.25, 0.3) is 0 Å². The lowest BCUT2D eigenvalue weighted by molar-refractivity contribution is -0.137. The fourth-order valence-corrected chi connectivity index (χ4v) is 8.00. The van der Waals surface area contributed by atoms with Gasteiger partial charge in [-0.25, -0.2) is 14.3 Å². The van der Waals surface area contributed by atoms with Crippen molar-refractivity contribution in [1.82, 2.24) is 39.7 Å². The number of carbonyl (C=O) groups excluding carboxylic acids is 2. The fraction of sp³-hybridized carbons (Fsp3) is 0.556. The van der Waals surface area contributed by atoms with Crippen LogP contribution in [0.25, 0.3) is 11.4 Å². The summed E-state index contributed by atoms with van der Waals surface area (Å²) in [5, 5.41) is 9.78. The molecule has 3 aliphatic rings. The Bertz CT molecular complexity index is 1750. The number of nitrogens with zero attached hydrogens (tertiary/aromatic N) is 6. The minimum Gasteiger partial charge on any atom is -0.386 e. The number of aromatic nitrogens is 3. The highest BCUT2D eigenvalue weighted by Gasteiger charge is 2.37. The Kier molecular flexibility index (Phi) is 11.8. The van der Waals surface area contributed by atoms with E-state index in [9.17, 15) is 27.6 Å². The highest BCUT2D eigenvalue weighted by molar-refractivity contribution is 6.33. The molecule has 3 amide bonds. The molecule has 1 aromatic heterocycles. The third-order valence-corrected chi connectivity index (χ3v) is 10.9.